The first-order valence-electron chi connectivity index (χ1n) is 9.96. The third-order valence-corrected chi connectivity index (χ3v) is 5.06. The average Bonchev–Trinajstić information content (AvgIpc) is 3.45. The van der Waals surface area contributed by atoms with Gasteiger partial charge in [-0.3, -0.25) is 4.79 Å². The zero-order chi connectivity index (χ0) is 20.9. The van der Waals surface area contributed by atoms with Gasteiger partial charge < -0.3 is 14.6 Å². The van der Waals surface area contributed by atoms with Crippen LogP contribution in [0, 0.1) is 0 Å². The predicted octanol–water partition coefficient (Wildman–Crippen LogP) is 2.75. The molecule has 0 aliphatic heterocycles. The number of hydrogen-bond acceptors (Lipinski definition) is 3. The normalized spacial score (nSPS) is 12.1. The number of furan rings is 1. The molecule has 0 saturated heterocycles. The van der Waals surface area contributed by atoms with Gasteiger partial charge in [-0.1, -0.05) is 48.5 Å². The van der Waals surface area contributed by atoms with Gasteiger partial charge in [0.05, 0.1) is 38.3 Å². The van der Waals surface area contributed by atoms with E-state index in [1.165, 1.54) is 4.90 Å². The summed E-state index contributed by atoms with van der Waals surface area (Å²) in [5.74, 6) is 0.670. The summed E-state index contributed by atoms with van der Waals surface area (Å²) in [4.78, 5) is 14.3. The van der Waals surface area contributed by atoms with Gasteiger partial charge in [-0.15, -0.1) is 0 Å². The van der Waals surface area contributed by atoms with E-state index in [-0.39, 0.29) is 11.9 Å². The fourth-order valence-corrected chi connectivity index (χ4v) is 3.42. The number of rotatable bonds is 7. The van der Waals surface area contributed by atoms with Crippen LogP contribution >= 0.6 is 0 Å². The second kappa shape index (κ2) is 8.80. The van der Waals surface area contributed by atoms with Gasteiger partial charge in [-0.2, -0.15) is 5.10 Å². The fraction of sp³-hybridized carbons (Fsp3) is 0.167. The number of nitrogens with zero attached hydrogens (tertiary/aromatic N) is 2. The Morgan fingerprint density at radius 3 is 2.37 bits per heavy atom. The minimum atomic E-state index is -0.175. The Morgan fingerprint density at radius 1 is 1.03 bits per heavy atom. The molecule has 0 aliphatic carbocycles. The van der Waals surface area contributed by atoms with Gasteiger partial charge in [-0.25, -0.2) is 4.68 Å². The maximum Gasteiger partial charge on any atom is 0.270 e. The molecule has 2 heterocycles. The minimum absolute atomic E-state index is 0.0191. The molecular formula is C24H25N4O2+. The van der Waals surface area contributed by atoms with Gasteiger partial charge in [0.1, 0.15) is 5.69 Å². The number of carbonyl (C=O) groups is 1. The Kier molecular flexibility index (Phi) is 5.77. The van der Waals surface area contributed by atoms with Crippen molar-refractivity contribution in [1.29, 1.82) is 0 Å². The molecule has 1 atom stereocenters. The van der Waals surface area contributed by atoms with Crippen LogP contribution in [0.3, 0.4) is 0 Å². The van der Waals surface area contributed by atoms with Crippen molar-refractivity contribution in [2.75, 3.05) is 20.6 Å². The standard InChI is InChI=1S/C24H24N4O2/c1-27(2)22(23-14-9-15-30-23)17-25-24(29)21-16-20(18-10-5-3-6-11-18)26-28(21)19-12-7-4-8-13-19/h3-16,22H,17H2,1-2H3,(H,25,29)/p+1/t22-/m0/s1. The number of amides is 1. The van der Waals surface area contributed by atoms with Crippen LogP contribution in [0.1, 0.15) is 22.3 Å². The van der Waals surface area contributed by atoms with Crippen LogP contribution in [0.4, 0.5) is 0 Å². The Balaban J connectivity index is 1.63. The lowest BCUT2D eigenvalue weighted by Gasteiger charge is -2.19. The highest BCUT2D eigenvalue weighted by Crippen LogP contribution is 2.21. The van der Waals surface area contributed by atoms with Crippen molar-refractivity contribution in [3.8, 4) is 16.9 Å². The number of quaternary nitrogens is 1. The van der Waals surface area contributed by atoms with Gasteiger partial charge >= 0.3 is 0 Å². The second-order valence-corrected chi connectivity index (χ2v) is 7.38. The zero-order valence-electron chi connectivity index (χ0n) is 17.1. The van der Waals surface area contributed by atoms with E-state index in [1.54, 1.807) is 10.9 Å². The molecule has 2 aromatic heterocycles. The summed E-state index contributed by atoms with van der Waals surface area (Å²) in [7, 11) is 4.09. The van der Waals surface area contributed by atoms with Gasteiger partial charge in [0.2, 0.25) is 0 Å². The molecule has 4 rings (SSSR count). The predicted molar refractivity (Wildman–Crippen MR) is 116 cm³/mol. The first-order chi connectivity index (χ1) is 14.6. The monoisotopic (exact) mass is 401 g/mol. The van der Waals surface area contributed by atoms with Crippen molar-refractivity contribution < 1.29 is 14.1 Å². The smallest absolute Gasteiger partial charge is 0.270 e. The van der Waals surface area contributed by atoms with Crippen molar-refractivity contribution in [1.82, 2.24) is 15.1 Å². The molecule has 152 valence electrons. The van der Waals surface area contributed by atoms with E-state index in [9.17, 15) is 4.79 Å². The molecule has 0 radical (unpaired) electrons. The van der Waals surface area contributed by atoms with E-state index < -0.39 is 0 Å². The van der Waals surface area contributed by atoms with Gasteiger partial charge in [0, 0.05) is 5.56 Å². The molecule has 0 fully saturated rings. The molecule has 0 aliphatic rings. The number of nitrogens with one attached hydrogen (secondary N) is 2. The Labute approximate surface area is 175 Å². The molecule has 30 heavy (non-hydrogen) atoms. The summed E-state index contributed by atoms with van der Waals surface area (Å²) >= 11 is 0. The summed E-state index contributed by atoms with van der Waals surface area (Å²) in [5.41, 5.74) is 3.05. The average molecular weight is 401 g/mol. The molecular weight excluding hydrogens is 376 g/mol. The maximum absolute atomic E-state index is 13.2. The lowest BCUT2D eigenvalue weighted by atomic mass is 10.1. The highest BCUT2D eigenvalue weighted by atomic mass is 16.3. The number of carbonyl (C=O) groups excluding carboxylic acids is 1. The Morgan fingerprint density at radius 2 is 1.73 bits per heavy atom. The van der Waals surface area contributed by atoms with Crippen LogP contribution in [0.25, 0.3) is 16.9 Å². The first kappa shape index (κ1) is 19.7. The van der Waals surface area contributed by atoms with Crippen molar-refractivity contribution in [2.24, 2.45) is 0 Å². The highest BCUT2D eigenvalue weighted by Gasteiger charge is 2.23. The quantitative estimate of drug-likeness (QED) is 0.501. The van der Waals surface area contributed by atoms with Crippen LogP contribution in [0.5, 0.6) is 0 Å². The molecule has 4 aromatic rings. The molecule has 0 unspecified atom stereocenters. The highest BCUT2D eigenvalue weighted by molar-refractivity contribution is 5.94. The first-order valence-corrected chi connectivity index (χ1v) is 9.96. The molecule has 6 nitrogen and oxygen atoms in total. The molecule has 0 spiro atoms. The van der Waals surface area contributed by atoms with Gasteiger partial charge in [-0.05, 0) is 30.3 Å². The van der Waals surface area contributed by atoms with Crippen LogP contribution in [-0.2, 0) is 0 Å². The van der Waals surface area contributed by atoms with E-state index in [1.807, 2.05) is 93.0 Å². The molecule has 0 saturated carbocycles. The molecule has 0 bridgehead atoms. The maximum atomic E-state index is 13.2. The van der Waals surface area contributed by atoms with Crippen LogP contribution in [-0.4, -0.2) is 36.3 Å². The van der Waals surface area contributed by atoms with Crippen LogP contribution < -0.4 is 10.2 Å². The minimum Gasteiger partial charge on any atom is -0.463 e. The third kappa shape index (κ3) is 4.18. The van der Waals surface area contributed by atoms with E-state index in [0.717, 1.165) is 22.7 Å². The van der Waals surface area contributed by atoms with Gasteiger partial charge in [0.25, 0.3) is 5.91 Å². The van der Waals surface area contributed by atoms with E-state index in [2.05, 4.69) is 5.32 Å². The third-order valence-electron chi connectivity index (χ3n) is 5.06. The molecule has 2 aromatic carbocycles. The molecule has 2 N–H and O–H groups in total. The number of aromatic nitrogens is 2. The topological polar surface area (TPSA) is 64.5 Å². The van der Waals surface area contributed by atoms with E-state index >= 15 is 0 Å². The number of likely N-dealkylation sites (N-methyl/N-ethyl adjacent to an activating group) is 1. The zero-order valence-corrected chi connectivity index (χ0v) is 17.1. The Bertz CT molecular complexity index is 1090. The van der Waals surface area contributed by atoms with Crippen molar-refractivity contribution in [2.45, 2.75) is 6.04 Å². The van der Waals surface area contributed by atoms with Crippen molar-refractivity contribution >= 4 is 5.91 Å². The number of para-hydroxylation sites is 1. The van der Waals surface area contributed by atoms with E-state index in [4.69, 9.17) is 9.52 Å². The summed E-state index contributed by atoms with van der Waals surface area (Å²) in [6.45, 7) is 0.454. The second-order valence-electron chi connectivity index (χ2n) is 7.38. The van der Waals surface area contributed by atoms with E-state index in [0.29, 0.717) is 12.2 Å². The number of benzene rings is 2. The summed E-state index contributed by atoms with van der Waals surface area (Å²) < 4.78 is 7.26. The van der Waals surface area contributed by atoms with Gasteiger partial charge in [0.15, 0.2) is 11.8 Å². The summed E-state index contributed by atoms with van der Waals surface area (Å²) in [6.07, 6.45) is 1.66. The Hall–Kier alpha value is -3.64. The number of hydrogen-bond donors (Lipinski definition) is 2. The SMILES string of the molecule is C[NH+](C)[C@@H](CNC(=O)c1cc(-c2ccccc2)nn1-c1ccccc1)c1ccco1. The summed E-state index contributed by atoms with van der Waals surface area (Å²) in [5, 5.41) is 7.78. The van der Waals surface area contributed by atoms with Crippen LogP contribution in [0.2, 0.25) is 0 Å². The fourth-order valence-electron chi connectivity index (χ4n) is 3.42. The van der Waals surface area contributed by atoms with Crippen LogP contribution in [0.15, 0.2) is 89.5 Å². The van der Waals surface area contributed by atoms with Crippen molar-refractivity contribution in [3.05, 3.63) is 96.6 Å². The molecule has 1 amide bonds. The van der Waals surface area contributed by atoms with Crippen molar-refractivity contribution in [3.63, 3.8) is 0 Å². The molecule has 6 heteroatoms. The largest absolute Gasteiger partial charge is 0.463 e. The summed E-state index contributed by atoms with van der Waals surface area (Å²) in [6, 6.07) is 25.2. The lowest BCUT2D eigenvalue weighted by molar-refractivity contribution is -0.891. The lowest BCUT2D eigenvalue weighted by Crippen LogP contribution is -3.07.